The molecule has 3 aromatic carbocycles. The van der Waals surface area contributed by atoms with Gasteiger partial charge in [-0.25, -0.2) is 9.18 Å². The van der Waals surface area contributed by atoms with Crippen LogP contribution >= 0.6 is 0 Å². The summed E-state index contributed by atoms with van der Waals surface area (Å²) in [4.78, 5) is 12.0. The molecule has 0 bridgehead atoms. The number of aliphatic hydroxyl groups is 1. The average molecular weight is 477 g/mol. The van der Waals surface area contributed by atoms with Gasteiger partial charge in [-0.2, -0.15) is 0 Å². The van der Waals surface area contributed by atoms with Gasteiger partial charge in [-0.3, -0.25) is 0 Å². The van der Waals surface area contributed by atoms with Gasteiger partial charge in [0.05, 0.1) is 6.61 Å². The predicted octanol–water partition coefficient (Wildman–Crippen LogP) is 6.88. The zero-order chi connectivity index (χ0) is 25.2. The normalized spacial score (nSPS) is 10.7. The first-order valence-electron chi connectivity index (χ1n) is 12.0. The highest BCUT2D eigenvalue weighted by atomic mass is 19.1. The number of carbonyl (C=O) groups is 1. The van der Waals surface area contributed by atoms with E-state index in [0.29, 0.717) is 16.9 Å². The van der Waals surface area contributed by atoms with Crippen LogP contribution in [0.4, 0.5) is 4.39 Å². The minimum absolute atomic E-state index is 0.0361. The zero-order valence-corrected chi connectivity index (χ0v) is 20.5. The molecule has 0 fully saturated rings. The van der Waals surface area contributed by atoms with E-state index in [0.717, 1.165) is 53.5 Å². The largest absolute Gasteiger partial charge is 0.491 e. The first kappa shape index (κ1) is 26.2. The number of hydrogen-bond donors (Lipinski definition) is 1. The molecule has 0 unspecified atom stereocenters. The Balaban J connectivity index is 1.92. The van der Waals surface area contributed by atoms with Crippen LogP contribution in [0.2, 0.25) is 0 Å². The van der Waals surface area contributed by atoms with Crippen molar-refractivity contribution in [1.29, 1.82) is 0 Å². The first-order valence-corrected chi connectivity index (χ1v) is 12.0. The predicted molar refractivity (Wildman–Crippen MR) is 138 cm³/mol. The van der Waals surface area contributed by atoms with E-state index in [1.807, 2.05) is 54.6 Å². The Hall–Kier alpha value is -3.44. The van der Waals surface area contributed by atoms with Crippen LogP contribution in [0.3, 0.4) is 0 Å². The topological polar surface area (TPSA) is 55.8 Å². The Morgan fingerprint density at radius 1 is 0.971 bits per heavy atom. The Labute approximate surface area is 207 Å². The number of aryl methyl sites for hydroxylation is 1. The number of rotatable bonds is 12. The van der Waals surface area contributed by atoms with Crippen LogP contribution in [0, 0.1) is 5.82 Å². The van der Waals surface area contributed by atoms with E-state index in [-0.39, 0.29) is 25.6 Å². The van der Waals surface area contributed by atoms with Gasteiger partial charge in [0.25, 0.3) is 0 Å². The summed E-state index contributed by atoms with van der Waals surface area (Å²) in [6.07, 6.45) is 4.17. The minimum Gasteiger partial charge on any atom is -0.491 e. The maximum Gasteiger partial charge on any atom is 0.333 e. The molecule has 3 rings (SSSR count). The molecule has 0 aliphatic heterocycles. The maximum absolute atomic E-state index is 15.0. The Morgan fingerprint density at radius 3 is 2.34 bits per heavy atom. The van der Waals surface area contributed by atoms with Crippen molar-refractivity contribution < 1.29 is 23.8 Å². The lowest BCUT2D eigenvalue weighted by atomic mass is 9.94. The lowest BCUT2D eigenvalue weighted by Gasteiger charge is -2.14. The van der Waals surface area contributed by atoms with Crippen LogP contribution in [-0.2, 0) is 22.6 Å². The molecule has 0 aromatic heterocycles. The molecule has 0 saturated heterocycles. The fourth-order valence-corrected chi connectivity index (χ4v) is 3.85. The number of halogens is 1. The van der Waals surface area contributed by atoms with Crippen molar-refractivity contribution in [3.63, 3.8) is 0 Å². The highest BCUT2D eigenvalue weighted by molar-refractivity contribution is 5.87. The third-order valence-electron chi connectivity index (χ3n) is 5.75. The molecule has 0 heterocycles. The SMILES string of the molecule is C=C(C)C(=O)OCc1cc(-c2ccc(CCCCC)cc2F)ccc1-c1ccc(OCCO)cc1. The molecule has 0 radical (unpaired) electrons. The molecule has 0 saturated carbocycles. The Morgan fingerprint density at radius 2 is 1.69 bits per heavy atom. The van der Waals surface area contributed by atoms with Crippen molar-refractivity contribution in [3.8, 4) is 28.0 Å². The van der Waals surface area contributed by atoms with Gasteiger partial charge in [0.15, 0.2) is 0 Å². The van der Waals surface area contributed by atoms with Crippen molar-refractivity contribution in [1.82, 2.24) is 0 Å². The molecule has 0 amide bonds. The van der Waals surface area contributed by atoms with Crippen molar-refractivity contribution in [2.75, 3.05) is 13.2 Å². The smallest absolute Gasteiger partial charge is 0.333 e. The number of hydrogen-bond acceptors (Lipinski definition) is 4. The third-order valence-corrected chi connectivity index (χ3v) is 5.75. The average Bonchev–Trinajstić information content (AvgIpc) is 2.86. The summed E-state index contributed by atoms with van der Waals surface area (Å²) in [5.74, 6) is -0.0884. The number of benzene rings is 3. The summed E-state index contributed by atoms with van der Waals surface area (Å²) in [6.45, 7) is 7.59. The van der Waals surface area contributed by atoms with Gasteiger partial charge in [0.1, 0.15) is 24.8 Å². The second-order valence-corrected chi connectivity index (χ2v) is 8.60. The number of unbranched alkanes of at least 4 members (excludes halogenated alkanes) is 2. The fraction of sp³-hybridized carbons (Fsp3) is 0.300. The van der Waals surface area contributed by atoms with Crippen molar-refractivity contribution in [3.05, 3.63) is 89.8 Å². The van der Waals surface area contributed by atoms with E-state index in [2.05, 4.69) is 13.5 Å². The maximum atomic E-state index is 15.0. The van der Waals surface area contributed by atoms with Crippen LogP contribution in [-0.4, -0.2) is 24.3 Å². The number of ether oxygens (including phenoxy) is 2. The summed E-state index contributed by atoms with van der Waals surface area (Å²) in [5.41, 5.74) is 5.07. The quantitative estimate of drug-likeness (QED) is 0.176. The van der Waals surface area contributed by atoms with Gasteiger partial charge >= 0.3 is 5.97 Å². The summed E-state index contributed by atoms with van der Waals surface area (Å²) in [7, 11) is 0. The summed E-state index contributed by atoms with van der Waals surface area (Å²) < 4.78 is 25.9. The summed E-state index contributed by atoms with van der Waals surface area (Å²) in [5, 5.41) is 8.94. The number of aliphatic hydroxyl groups excluding tert-OH is 1. The van der Waals surface area contributed by atoms with E-state index in [4.69, 9.17) is 14.6 Å². The second kappa shape index (κ2) is 12.9. The first-order chi connectivity index (χ1) is 16.9. The van der Waals surface area contributed by atoms with Crippen LogP contribution < -0.4 is 4.74 Å². The van der Waals surface area contributed by atoms with E-state index in [1.165, 1.54) is 0 Å². The molecule has 184 valence electrons. The number of esters is 1. The van der Waals surface area contributed by atoms with E-state index in [1.54, 1.807) is 13.0 Å². The fourth-order valence-electron chi connectivity index (χ4n) is 3.85. The Bertz CT molecular complexity index is 1150. The lowest BCUT2D eigenvalue weighted by molar-refractivity contribution is -0.140. The summed E-state index contributed by atoms with van der Waals surface area (Å²) >= 11 is 0. The van der Waals surface area contributed by atoms with Crippen LogP contribution in [0.25, 0.3) is 22.3 Å². The third kappa shape index (κ3) is 7.27. The molecular formula is C30H33FO4. The van der Waals surface area contributed by atoms with Gasteiger partial charge in [0, 0.05) is 11.1 Å². The van der Waals surface area contributed by atoms with Gasteiger partial charge in [-0.1, -0.05) is 62.7 Å². The molecule has 4 nitrogen and oxygen atoms in total. The molecule has 0 aliphatic carbocycles. The molecule has 0 atom stereocenters. The highest BCUT2D eigenvalue weighted by Crippen LogP contribution is 2.32. The molecule has 3 aromatic rings. The second-order valence-electron chi connectivity index (χ2n) is 8.60. The van der Waals surface area contributed by atoms with Gasteiger partial charge < -0.3 is 14.6 Å². The lowest BCUT2D eigenvalue weighted by Crippen LogP contribution is -2.06. The number of carbonyl (C=O) groups excluding carboxylic acids is 1. The van der Waals surface area contributed by atoms with E-state index in [9.17, 15) is 4.79 Å². The van der Waals surface area contributed by atoms with Crippen molar-refractivity contribution in [2.24, 2.45) is 0 Å². The van der Waals surface area contributed by atoms with Crippen LogP contribution in [0.15, 0.2) is 72.8 Å². The minimum atomic E-state index is -0.475. The molecule has 5 heteroatoms. The van der Waals surface area contributed by atoms with E-state index < -0.39 is 5.97 Å². The monoisotopic (exact) mass is 476 g/mol. The molecular weight excluding hydrogens is 443 g/mol. The van der Waals surface area contributed by atoms with Crippen LogP contribution in [0.1, 0.15) is 44.2 Å². The molecule has 35 heavy (non-hydrogen) atoms. The molecule has 0 spiro atoms. The van der Waals surface area contributed by atoms with Gasteiger partial charge in [-0.05, 0) is 71.8 Å². The standard InChI is InChI=1S/C30H33FO4/c1-4-5-6-7-22-8-14-28(29(31)18-22)24-11-15-27(25(19-24)20-35-30(33)21(2)3)23-9-12-26(13-10-23)34-17-16-32/h8-15,18-19,32H,2,4-7,16-17,20H2,1,3H3. The van der Waals surface area contributed by atoms with Crippen molar-refractivity contribution in [2.45, 2.75) is 46.1 Å². The molecule has 0 aliphatic rings. The zero-order valence-electron chi connectivity index (χ0n) is 20.5. The van der Waals surface area contributed by atoms with E-state index >= 15 is 4.39 Å². The summed E-state index contributed by atoms with van der Waals surface area (Å²) in [6, 6.07) is 18.5. The van der Waals surface area contributed by atoms with Gasteiger partial charge in [0.2, 0.25) is 0 Å². The van der Waals surface area contributed by atoms with Gasteiger partial charge in [-0.15, -0.1) is 0 Å². The Kier molecular flexibility index (Phi) is 9.62. The van der Waals surface area contributed by atoms with Crippen molar-refractivity contribution >= 4 is 5.97 Å². The highest BCUT2D eigenvalue weighted by Gasteiger charge is 2.13. The molecule has 1 N–H and O–H groups in total. The van der Waals surface area contributed by atoms with Crippen LogP contribution in [0.5, 0.6) is 5.75 Å².